The van der Waals surface area contributed by atoms with E-state index in [9.17, 15) is 0 Å². The fourth-order valence-corrected chi connectivity index (χ4v) is 1.16. The summed E-state index contributed by atoms with van der Waals surface area (Å²) in [5.41, 5.74) is 2.07. The van der Waals surface area contributed by atoms with Gasteiger partial charge in [0.2, 0.25) is 0 Å². The molecule has 10 heavy (non-hydrogen) atoms. The third-order valence-corrected chi connectivity index (χ3v) is 1.67. The van der Waals surface area contributed by atoms with Crippen LogP contribution in [0.1, 0.15) is 19.0 Å². The summed E-state index contributed by atoms with van der Waals surface area (Å²) in [4.78, 5) is 4.21. The maximum absolute atomic E-state index is 7.57. The largest absolute Gasteiger partial charge is 0.261 e. The molecule has 1 aromatic rings. The summed E-state index contributed by atoms with van der Waals surface area (Å²) in [5.74, 6) is 0. The zero-order chi connectivity index (χ0) is 7.68. The van der Waals surface area contributed by atoms with Gasteiger partial charge in [0.05, 0.1) is 1.37 Å². The van der Waals surface area contributed by atoms with E-state index in [1.54, 1.807) is 6.20 Å². The first-order valence-corrected chi connectivity index (χ1v) is 3.49. The van der Waals surface area contributed by atoms with Crippen molar-refractivity contribution in [3.63, 3.8) is 0 Å². The van der Waals surface area contributed by atoms with E-state index in [-0.39, 0.29) is 0 Å². The number of fused-ring (bicyclic) bond motifs is 1. The minimum Gasteiger partial charge on any atom is -0.261 e. The van der Waals surface area contributed by atoms with Gasteiger partial charge in [-0.2, -0.15) is 0 Å². The maximum atomic E-state index is 7.57. The molecule has 1 aliphatic rings. The van der Waals surface area contributed by atoms with Crippen LogP contribution in [-0.4, -0.2) is 4.98 Å². The Kier molecular flexibility index (Phi) is 1.05. The van der Waals surface area contributed by atoms with Crippen LogP contribution in [0, 0.1) is 0 Å². The lowest BCUT2D eigenvalue weighted by molar-refractivity contribution is 0.927. The second kappa shape index (κ2) is 2.25. The SMILES string of the molecule is [2H]C1=CCCc2ncccc21. The van der Waals surface area contributed by atoms with Gasteiger partial charge in [0.25, 0.3) is 0 Å². The zero-order valence-corrected chi connectivity index (χ0v) is 5.67. The van der Waals surface area contributed by atoms with E-state index < -0.39 is 0 Å². The average molecular weight is 132 g/mol. The van der Waals surface area contributed by atoms with E-state index in [1.165, 1.54) is 0 Å². The van der Waals surface area contributed by atoms with Crippen LogP contribution in [0.25, 0.3) is 6.05 Å². The summed E-state index contributed by atoms with van der Waals surface area (Å²) >= 11 is 0. The molecule has 1 aliphatic carbocycles. The molecule has 0 N–H and O–H groups in total. The van der Waals surface area contributed by atoms with Crippen molar-refractivity contribution >= 4 is 6.05 Å². The minimum absolute atomic E-state index is 0.624. The summed E-state index contributed by atoms with van der Waals surface area (Å²) in [7, 11) is 0. The van der Waals surface area contributed by atoms with Crippen LogP contribution >= 0.6 is 0 Å². The number of aryl methyl sites for hydroxylation is 1. The van der Waals surface area contributed by atoms with Gasteiger partial charge in [0.1, 0.15) is 0 Å². The molecule has 0 fully saturated rings. The van der Waals surface area contributed by atoms with Crippen molar-refractivity contribution in [2.24, 2.45) is 0 Å². The molecule has 0 radical (unpaired) electrons. The predicted molar refractivity (Wildman–Crippen MR) is 41.6 cm³/mol. The first kappa shape index (κ1) is 4.67. The van der Waals surface area contributed by atoms with Crippen LogP contribution in [0.15, 0.2) is 24.4 Å². The number of aromatic nitrogens is 1. The number of rotatable bonds is 0. The highest BCUT2D eigenvalue weighted by molar-refractivity contribution is 5.53. The topological polar surface area (TPSA) is 12.9 Å². The minimum atomic E-state index is 0.624. The van der Waals surface area contributed by atoms with E-state index in [0.29, 0.717) is 6.05 Å². The molecular formula is C9H9N. The molecule has 0 unspecified atom stereocenters. The predicted octanol–water partition coefficient (Wildman–Crippen LogP) is 2.04. The second-order valence-corrected chi connectivity index (χ2v) is 2.38. The van der Waals surface area contributed by atoms with Gasteiger partial charge in [-0.3, -0.25) is 4.98 Å². The van der Waals surface area contributed by atoms with Crippen LogP contribution < -0.4 is 0 Å². The molecule has 1 heteroatoms. The van der Waals surface area contributed by atoms with Crippen LogP contribution in [0.5, 0.6) is 0 Å². The summed E-state index contributed by atoms with van der Waals surface area (Å²) in [6.07, 6.45) is 5.68. The van der Waals surface area contributed by atoms with E-state index in [2.05, 4.69) is 4.98 Å². The molecule has 0 atom stereocenters. The van der Waals surface area contributed by atoms with Gasteiger partial charge in [-0.15, -0.1) is 0 Å². The Hall–Kier alpha value is -1.11. The molecule has 0 bridgehead atoms. The molecule has 1 aromatic heterocycles. The van der Waals surface area contributed by atoms with Crippen molar-refractivity contribution in [1.29, 1.82) is 0 Å². The van der Waals surface area contributed by atoms with Gasteiger partial charge in [-0.05, 0) is 24.5 Å². The van der Waals surface area contributed by atoms with E-state index >= 15 is 0 Å². The highest BCUT2D eigenvalue weighted by Crippen LogP contribution is 2.15. The number of nitrogens with zero attached hydrogens (tertiary/aromatic N) is 1. The molecular weight excluding hydrogens is 122 g/mol. The summed E-state index contributed by atoms with van der Waals surface area (Å²) in [6.45, 7) is 0. The van der Waals surface area contributed by atoms with Gasteiger partial charge in [-0.25, -0.2) is 0 Å². The van der Waals surface area contributed by atoms with Crippen molar-refractivity contribution in [1.82, 2.24) is 4.98 Å². The fourth-order valence-electron chi connectivity index (χ4n) is 1.16. The summed E-state index contributed by atoms with van der Waals surface area (Å²) in [5, 5.41) is 0. The molecule has 0 saturated carbocycles. The normalized spacial score (nSPS) is 17.2. The number of hydrogen-bond acceptors (Lipinski definition) is 1. The lowest BCUT2D eigenvalue weighted by atomic mass is 10.0. The van der Waals surface area contributed by atoms with Crippen molar-refractivity contribution in [2.75, 3.05) is 0 Å². The molecule has 0 amide bonds. The summed E-state index contributed by atoms with van der Waals surface area (Å²) in [6, 6.07) is 4.46. The van der Waals surface area contributed by atoms with Gasteiger partial charge in [-0.1, -0.05) is 18.2 Å². The van der Waals surface area contributed by atoms with Crippen molar-refractivity contribution < 1.29 is 1.37 Å². The Morgan fingerprint density at radius 1 is 1.60 bits per heavy atom. The average Bonchev–Trinajstić information content (AvgIpc) is 2.06. The molecule has 0 aromatic carbocycles. The van der Waals surface area contributed by atoms with E-state index in [0.717, 1.165) is 24.1 Å². The van der Waals surface area contributed by atoms with Crippen molar-refractivity contribution in [3.05, 3.63) is 35.7 Å². The van der Waals surface area contributed by atoms with Crippen LogP contribution in [0.3, 0.4) is 0 Å². The van der Waals surface area contributed by atoms with Gasteiger partial charge >= 0.3 is 0 Å². The Bertz CT molecular complexity index is 304. The number of hydrogen-bond donors (Lipinski definition) is 0. The first-order chi connectivity index (χ1) is 5.38. The molecule has 50 valence electrons. The molecule has 0 aliphatic heterocycles. The van der Waals surface area contributed by atoms with Crippen molar-refractivity contribution in [3.8, 4) is 0 Å². The Balaban J connectivity index is 2.56. The van der Waals surface area contributed by atoms with Crippen LogP contribution in [0.2, 0.25) is 0 Å². The standard InChI is InChI=1S/C9H9N/c1-2-6-9-8(4-1)5-3-7-10-9/h1,3-5,7H,2,6H2/i4D. The molecule has 0 saturated heterocycles. The second-order valence-electron chi connectivity index (χ2n) is 2.38. The Morgan fingerprint density at radius 3 is 3.50 bits per heavy atom. The number of allylic oxidation sites excluding steroid dienone is 1. The lowest BCUT2D eigenvalue weighted by Crippen LogP contribution is -1.95. The Morgan fingerprint density at radius 2 is 2.60 bits per heavy atom. The monoisotopic (exact) mass is 132 g/mol. The quantitative estimate of drug-likeness (QED) is 0.526. The highest BCUT2D eigenvalue weighted by Gasteiger charge is 2.02. The van der Waals surface area contributed by atoms with Gasteiger partial charge in [0.15, 0.2) is 0 Å². The number of pyridine rings is 1. The first-order valence-electron chi connectivity index (χ1n) is 3.99. The fraction of sp³-hybridized carbons (Fsp3) is 0.222. The summed E-state index contributed by atoms with van der Waals surface area (Å²) < 4.78 is 7.57. The van der Waals surface area contributed by atoms with Crippen LogP contribution in [-0.2, 0) is 6.42 Å². The highest BCUT2D eigenvalue weighted by atomic mass is 14.7. The van der Waals surface area contributed by atoms with Crippen LogP contribution in [0.4, 0.5) is 0 Å². The molecule has 2 rings (SSSR count). The Labute approximate surface area is 61.8 Å². The third-order valence-electron chi connectivity index (χ3n) is 1.67. The van der Waals surface area contributed by atoms with Gasteiger partial charge < -0.3 is 0 Å². The van der Waals surface area contributed by atoms with E-state index in [1.807, 2.05) is 18.2 Å². The maximum Gasteiger partial charge on any atom is 0.0626 e. The zero-order valence-electron chi connectivity index (χ0n) is 6.67. The molecule has 1 nitrogen and oxygen atoms in total. The molecule has 1 heterocycles. The smallest absolute Gasteiger partial charge is 0.0626 e. The van der Waals surface area contributed by atoms with Gasteiger partial charge in [0, 0.05) is 11.9 Å². The third kappa shape index (κ3) is 0.838. The van der Waals surface area contributed by atoms with E-state index in [4.69, 9.17) is 1.37 Å². The van der Waals surface area contributed by atoms with Crippen molar-refractivity contribution in [2.45, 2.75) is 12.8 Å². The lowest BCUT2D eigenvalue weighted by Gasteiger charge is -2.06. The molecule has 0 spiro atoms.